The Morgan fingerprint density at radius 1 is 1.08 bits per heavy atom. The van der Waals surface area contributed by atoms with E-state index in [9.17, 15) is 0 Å². The van der Waals surface area contributed by atoms with Crippen LogP contribution < -0.4 is 0 Å². The summed E-state index contributed by atoms with van der Waals surface area (Å²) in [5.41, 5.74) is 0. The molecule has 0 aliphatic heterocycles. The van der Waals surface area contributed by atoms with E-state index in [2.05, 4.69) is 13.8 Å². The Balaban J connectivity index is 1.81. The fourth-order valence-corrected chi connectivity index (χ4v) is 2.05. The summed E-state index contributed by atoms with van der Waals surface area (Å²) >= 11 is 0. The molecule has 0 aromatic rings. The third-order valence-electron chi connectivity index (χ3n) is 3.31. The van der Waals surface area contributed by atoms with Crippen molar-refractivity contribution in [1.82, 2.24) is 0 Å². The Morgan fingerprint density at radius 2 is 1.77 bits per heavy atom. The standard InChI is InChI=1S/C13H26/c1-3-4-5-7-12(2)8-6-9-13-10-11-13/h12-13H,3-11H2,1-2H3. The van der Waals surface area contributed by atoms with E-state index in [4.69, 9.17) is 0 Å². The van der Waals surface area contributed by atoms with Crippen molar-refractivity contribution in [3.63, 3.8) is 0 Å². The van der Waals surface area contributed by atoms with Crippen molar-refractivity contribution in [2.24, 2.45) is 11.8 Å². The lowest BCUT2D eigenvalue weighted by Gasteiger charge is -2.10. The molecule has 0 aromatic carbocycles. The maximum Gasteiger partial charge on any atom is -0.0414 e. The second-order valence-corrected chi connectivity index (χ2v) is 4.98. The van der Waals surface area contributed by atoms with Crippen LogP contribution in [0.25, 0.3) is 0 Å². The highest BCUT2D eigenvalue weighted by atomic mass is 14.3. The molecule has 1 atom stereocenters. The molecule has 78 valence electrons. The first-order chi connectivity index (χ1) is 6.33. The van der Waals surface area contributed by atoms with Gasteiger partial charge in [-0.2, -0.15) is 0 Å². The van der Waals surface area contributed by atoms with Gasteiger partial charge in [0.05, 0.1) is 0 Å². The van der Waals surface area contributed by atoms with Crippen LogP contribution in [0.3, 0.4) is 0 Å². The molecule has 0 N–H and O–H groups in total. The van der Waals surface area contributed by atoms with E-state index in [-0.39, 0.29) is 0 Å². The first kappa shape index (κ1) is 11.1. The van der Waals surface area contributed by atoms with Gasteiger partial charge in [-0.3, -0.25) is 0 Å². The third kappa shape index (κ3) is 6.12. The Labute approximate surface area is 84.1 Å². The molecule has 0 spiro atoms. The molecule has 0 nitrogen and oxygen atoms in total. The molecule has 0 aromatic heterocycles. The Morgan fingerprint density at radius 3 is 2.38 bits per heavy atom. The van der Waals surface area contributed by atoms with Gasteiger partial charge in [-0.1, -0.05) is 71.6 Å². The van der Waals surface area contributed by atoms with Crippen molar-refractivity contribution in [2.75, 3.05) is 0 Å². The fourth-order valence-electron chi connectivity index (χ4n) is 2.05. The predicted molar refractivity (Wildman–Crippen MR) is 59.9 cm³/mol. The van der Waals surface area contributed by atoms with Gasteiger partial charge >= 0.3 is 0 Å². The van der Waals surface area contributed by atoms with E-state index in [0.717, 1.165) is 11.8 Å². The zero-order chi connectivity index (χ0) is 9.52. The molecule has 0 radical (unpaired) electrons. The molecule has 1 aliphatic rings. The number of hydrogen-bond donors (Lipinski definition) is 0. The monoisotopic (exact) mass is 182 g/mol. The molecule has 0 heterocycles. The van der Waals surface area contributed by atoms with E-state index in [0.29, 0.717) is 0 Å². The van der Waals surface area contributed by atoms with Crippen LogP contribution in [0, 0.1) is 11.8 Å². The van der Waals surface area contributed by atoms with E-state index in [1.807, 2.05) is 0 Å². The lowest BCUT2D eigenvalue weighted by Crippen LogP contribution is -1.95. The number of unbranched alkanes of at least 4 members (excludes halogenated alkanes) is 2. The van der Waals surface area contributed by atoms with Gasteiger partial charge in [0, 0.05) is 0 Å². The number of hydrogen-bond acceptors (Lipinski definition) is 0. The molecule has 1 unspecified atom stereocenters. The van der Waals surface area contributed by atoms with Crippen LogP contribution in [0.2, 0.25) is 0 Å². The SMILES string of the molecule is CCCCCC(C)CCCC1CC1. The lowest BCUT2D eigenvalue weighted by molar-refractivity contribution is 0.437. The van der Waals surface area contributed by atoms with Crippen molar-refractivity contribution in [3.05, 3.63) is 0 Å². The topological polar surface area (TPSA) is 0 Å². The summed E-state index contributed by atoms with van der Waals surface area (Å²) in [4.78, 5) is 0. The molecule has 1 fully saturated rings. The largest absolute Gasteiger partial charge is 0.0654 e. The van der Waals surface area contributed by atoms with Gasteiger partial charge in [0.2, 0.25) is 0 Å². The third-order valence-corrected chi connectivity index (χ3v) is 3.31. The average Bonchev–Trinajstić information content (AvgIpc) is 2.89. The highest BCUT2D eigenvalue weighted by molar-refractivity contribution is 4.72. The first-order valence-corrected chi connectivity index (χ1v) is 6.33. The minimum absolute atomic E-state index is 0.991. The molecule has 13 heavy (non-hydrogen) atoms. The van der Waals surface area contributed by atoms with E-state index < -0.39 is 0 Å². The molecule has 0 amide bonds. The van der Waals surface area contributed by atoms with Gasteiger partial charge < -0.3 is 0 Å². The van der Waals surface area contributed by atoms with E-state index >= 15 is 0 Å². The van der Waals surface area contributed by atoms with Gasteiger partial charge in [-0.25, -0.2) is 0 Å². The minimum atomic E-state index is 0.991. The first-order valence-electron chi connectivity index (χ1n) is 6.33. The highest BCUT2D eigenvalue weighted by Gasteiger charge is 2.20. The molecule has 0 saturated heterocycles. The summed E-state index contributed by atoms with van der Waals surface area (Å²) in [7, 11) is 0. The Kier molecular flexibility index (Phi) is 5.50. The van der Waals surface area contributed by atoms with Crippen molar-refractivity contribution >= 4 is 0 Å². The molecule has 0 heteroatoms. The highest BCUT2D eigenvalue weighted by Crippen LogP contribution is 2.34. The van der Waals surface area contributed by atoms with Crippen LogP contribution in [-0.4, -0.2) is 0 Å². The summed E-state index contributed by atoms with van der Waals surface area (Å²) in [6.07, 6.45) is 13.3. The fraction of sp³-hybridized carbons (Fsp3) is 1.00. The Hall–Kier alpha value is 0. The molecular formula is C13H26. The van der Waals surface area contributed by atoms with Crippen molar-refractivity contribution in [2.45, 2.75) is 71.6 Å². The average molecular weight is 182 g/mol. The predicted octanol–water partition coefficient (Wildman–Crippen LogP) is 4.78. The van der Waals surface area contributed by atoms with Gasteiger partial charge in [-0.15, -0.1) is 0 Å². The lowest BCUT2D eigenvalue weighted by atomic mass is 9.97. The van der Waals surface area contributed by atoms with Crippen LogP contribution in [-0.2, 0) is 0 Å². The molecule has 0 bridgehead atoms. The quantitative estimate of drug-likeness (QED) is 0.474. The van der Waals surface area contributed by atoms with Crippen LogP contribution in [0.4, 0.5) is 0 Å². The van der Waals surface area contributed by atoms with Crippen LogP contribution in [0.1, 0.15) is 71.6 Å². The summed E-state index contributed by atoms with van der Waals surface area (Å²) in [5.74, 6) is 2.13. The zero-order valence-electron chi connectivity index (χ0n) is 9.52. The molecule has 1 rings (SSSR count). The Bertz CT molecular complexity index is 113. The summed E-state index contributed by atoms with van der Waals surface area (Å²) in [5, 5.41) is 0. The second kappa shape index (κ2) is 6.45. The summed E-state index contributed by atoms with van der Waals surface area (Å²) < 4.78 is 0. The maximum atomic E-state index is 2.43. The maximum absolute atomic E-state index is 2.43. The van der Waals surface area contributed by atoms with Crippen LogP contribution in [0.5, 0.6) is 0 Å². The summed E-state index contributed by atoms with van der Waals surface area (Å²) in [6, 6.07) is 0. The molecular weight excluding hydrogens is 156 g/mol. The molecule has 1 saturated carbocycles. The smallest absolute Gasteiger partial charge is 0.0414 e. The van der Waals surface area contributed by atoms with Crippen molar-refractivity contribution in [1.29, 1.82) is 0 Å². The van der Waals surface area contributed by atoms with Crippen LogP contribution in [0.15, 0.2) is 0 Å². The minimum Gasteiger partial charge on any atom is -0.0654 e. The van der Waals surface area contributed by atoms with Crippen molar-refractivity contribution in [3.8, 4) is 0 Å². The zero-order valence-corrected chi connectivity index (χ0v) is 9.52. The second-order valence-electron chi connectivity index (χ2n) is 4.98. The van der Waals surface area contributed by atoms with Crippen molar-refractivity contribution < 1.29 is 0 Å². The normalized spacial score (nSPS) is 18.9. The number of rotatable bonds is 8. The van der Waals surface area contributed by atoms with E-state index in [1.54, 1.807) is 0 Å². The van der Waals surface area contributed by atoms with Gasteiger partial charge in [0.1, 0.15) is 0 Å². The van der Waals surface area contributed by atoms with E-state index in [1.165, 1.54) is 57.8 Å². The summed E-state index contributed by atoms with van der Waals surface area (Å²) in [6.45, 7) is 4.72. The van der Waals surface area contributed by atoms with Crippen LogP contribution >= 0.6 is 0 Å². The van der Waals surface area contributed by atoms with Gasteiger partial charge in [0.15, 0.2) is 0 Å². The van der Waals surface area contributed by atoms with Gasteiger partial charge in [-0.05, 0) is 11.8 Å². The molecule has 1 aliphatic carbocycles. The van der Waals surface area contributed by atoms with Gasteiger partial charge in [0.25, 0.3) is 0 Å².